The number of benzene rings is 1. The van der Waals surface area contributed by atoms with Gasteiger partial charge < -0.3 is 10.5 Å². The highest BCUT2D eigenvalue weighted by atomic mass is 32.1. The summed E-state index contributed by atoms with van der Waals surface area (Å²) in [5.41, 5.74) is 5.22. The van der Waals surface area contributed by atoms with Crippen molar-refractivity contribution in [1.82, 2.24) is 9.78 Å². The summed E-state index contributed by atoms with van der Waals surface area (Å²) in [5.74, 6) is 0.494. The van der Waals surface area contributed by atoms with E-state index in [0.29, 0.717) is 11.3 Å². The summed E-state index contributed by atoms with van der Waals surface area (Å²) >= 11 is 4.89. The highest BCUT2D eigenvalue weighted by Gasteiger charge is 2.33. The van der Waals surface area contributed by atoms with Crippen molar-refractivity contribution < 1.29 is 17.9 Å². The molecular formula is C13H12F3N3OS. The zero-order valence-corrected chi connectivity index (χ0v) is 11.6. The molecule has 0 aliphatic heterocycles. The van der Waals surface area contributed by atoms with E-state index in [4.69, 9.17) is 22.7 Å². The van der Waals surface area contributed by atoms with Gasteiger partial charge in [-0.25, -0.2) is 0 Å². The third-order valence-electron chi connectivity index (χ3n) is 2.66. The van der Waals surface area contributed by atoms with Crippen LogP contribution in [0.2, 0.25) is 0 Å². The molecule has 1 heterocycles. The molecule has 1 aromatic carbocycles. The molecule has 0 saturated heterocycles. The number of aromatic nitrogens is 2. The number of nitrogens with two attached hydrogens (primary N) is 1. The Morgan fingerprint density at radius 1 is 1.29 bits per heavy atom. The summed E-state index contributed by atoms with van der Waals surface area (Å²) in [6.45, 7) is 0.334. The molecule has 0 radical (unpaired) electrons. The fraction of sp³-hybridized carbons (Fsp3) is 0.231. The van der Waals surface area contributed by atoms with Crippen LogP contribution in [0.25, 0.3) is 0 Å². The van der Waals surface area contributed by atoms with Crippen molar-refractivity contribution in [1.29, 1.82) is 0 Å². The molecule has 2 N–H and O–H groups in total. The third-order valence-corrected chi connectivity index (χ3v) is 2.88. The zero-order chi connectivity index (χ0) is 15.5. The minimum Gasteiger partial charge on any atom is -0.491 e. The summed E-state index contributed by atoms with van der Waals surface area (Å²) in [6, 6.07) is 7.85. The van der Waals surface area contributed by atoms with Crippen LogP contribution in [-0.2, 0) is 12.7 Å². The lowest BCUT2D eigenvalue weighted by molar-refractivity contribution is -0.141. The minimum atomic E-state index is -4.44. The Bertz CT molecular complexity index is 640. The van der Waals surface area contributed by atoms with Gasteiger partial charge in [0.15, 0.2) is 5.69 Å². The van der Waals surface area contributed by atoms with Crippen molar-refractivity contribution in [2.24, 2.45) is 5.73 Å². The van der Waals surface area contributed by atoms with Crippen LogP contribution in [0.3, 0.4) is 0 Å². The van der Waals surface area contributed by atoms with Gasteiger partial charge in [0.25, 0.3) is 0 Å². The number of nitrogens with zero attached hydrogens (tertiary/aromatic N) is 2. The quantitative estimate of drug-likeness (QED) is 0.862. The van der Waals surface area contributed by atoms with Crippen LogP contribution < -0.4 is 10.5 Å². The minimum absolute atomic E-state index is 0.151. The lowest BCUT2D eigenvalue weighted by atomic mass is 10.2. The van der Waals surface area contributed by atoms with Gasteiger partial charge in [-0.05, 0) is 18.2 Å². The summed E-state index contributed by atoms with van der Waals surface area (Å²) < 4.78 is 43.8. The Morgan fingerprint density at radius 2 is 2.00 bits per heavy atom. The molecule has 0 atom stereocenters. The number of hydrogen-bond donors (Lipinski definition) is 1. The Kier molecular flexibility index (Phi) is 4.46. The van der Waals surface area contributed by atoms with E-state index < -0.39 is 11.9 Å². The molecule has 112 valence electrons. The predicted molar refractivity (Wildman–Crippen MR) is 75.1 cm³/mol. The average Bonchev–Trinajstić information content (AvgIpc) is 2.88. The molecule has 0 saturated carbocycles. The smallest absolute Gasteiger partial charge is 0.435 e. The third kappa shape index (κ3) is 3.94. The number of alkyl halides is 3. The van der Waals surface area contributed by atoms with Gasteiger partial charge in [0.1, 0.15) is 17.3 Å². The first-order chi connectivity index (χ1) is 9.88. The summed E-state index contributed by atoms with van der Waals surface area (Å²) in [5, 5.41) is 3.43. The molecule has 0 bridgehead atoms. The Balaban J connectivity index is 1.96. The first-order valence-corrected chi connectivity index (χ1v) is 6.41. The van der Waals surface area contributed by atoms with Crippen LogP contribution in [0, 0.1) is 0 Å². The topological polar surface area (TPSA) is 53.1 Å². The lowest BCUT2D eigenvalue weighted by Gasteiger charge is -2.10. The number of ether oxygens (including phenoxy) is 1. The molecule has 2 rings (SSSR count). The molecule has 0 spiro atoms. The van der Waals surface area contributed by atoms with Gasteiger partial charge in [0.05, 0.1) is 12.1 Å². The number of halogens is 3. The van der Waals surface area contributed by atoms with Crippen molar-refractivity contribution >= 4 is 17.2 Å². The van der Waals surface area contributed by atoms with E-state index >= 15 is 0 Å². The van der Waals surface area contributed by atoms with Gasteiger partial charge in [0.2, 0.25) is 0 Å². The van der Waals surface area contributed by atoms with Crippen molar-refractivity contribution in [2.45, 2.75) is 12.7 Å². The molecule has 8 heteroatoms. The number of thiocarbonyl (C=S) groups is 1. The van der Waals surface area contributed by atoms with E-state index in [9.17, 15) is 13.2 Å². The fourth-order valence-corrected chi connectivity index (χ4v) is 1.85. The molecule has 0 amide bonds. The standard InChI is InChI=1S/C13H12F3N3OS/c14-13(15,16)11-5-6-19(18-11)7-8-20-10-4-2-1-3-9(10)12(17)21/h1-6H,7-8H2,(H2,17,21). The SMILES string of the molecule is NC(=S)c1ccccc1OCCn1ccc(C(F)(F)F)n1. The molecule has 4 nitrogen and oxygen atoms in total. The van der Waals surface area contributed by atoms with Crippen LogP contribution in [0.4, 0.5) is 13.2 Å². The molecule has 21 heavy (non-hydrogen) atoms. The summed E-state index contributed by atoms with van der Waals surface area (Å²) in [4.78, 5) is 0.198. The van der Waals surface area contributed by atoms with Gasteiger partial charge in [-0.1, -0.05) is 24.4 Å². The van der Waals surface area contributed by atoms with Gasteiger partial charge in [-0.2, -0.15) is 18.3 Å². The zero-order valence-electron chi connectivity index (χ0n) is 10.8. The predicted octanol–water partition coefficient (Wildman–Crippen LogP) is 2.62. The number of hydrogen-bond acceptors (Lipinski definition) is 3. The molecule has 2 aromatic rings. The first-order valence-electron chi connectivity index (χ1n) is 6.00. The highest BCUT2D eigenvalue weighted by molar-refractivity contribution is 7.80. The van der Waals surface area contributed by atoms with Crippen LogP contribution in [0.1, 0.15) is 11.3 Å². The highest BCUT2D eigenvalue weighted by Crippen LogP contribution is 2.27. The molecule has 0 fully saturated rings. The van der Waals surface area contributed by atoms with Gasteiger partial charge >= 0.3 is 6.18 Å². The van der Waals surface area contributed by atoms with E-state index in [0.717, 1.165) is 6.07 Å². The van der Waals surface area contributed by atoms with Crippen molar-refractivity contribution in [3.63, 3.8) is 0 Å². The summed E-state index contributed by atoms with van der Waals surface area (Å²) in [7, 11) is 0. The molecular weight excluding hydrogens is 303 g/mol. The van der Waals surface area contributed by atoms with Crippen LogP contribution in [-0.4, -0.2) is 21.4 Å². The fourth-order valence-electron chi connectivity index (χ4n) is 1.68. The van der Waals surface area contributed by atoms with Gasteiger partial charge in [0, 0.05) is 6.20 Å². The number of rotatable bonds is 5. The molecule has 0 unspecified atom stereocenters. The molecule has 1 aromatic heterocycles. The average molecular weight is 315 g/mol. The van der Waals surface area contributed by atoms with E-state index in [1.165, 1.54) is 10.9 Å². The van der Waals surface area contributed by atoms with Crippen LogP contribution >= 0.6 is 12.2 Å². The van der Waals surface area contributed by atoms with E-state index in [2.05, 4.69) is 5.10 Å². The maximum Gasteiger partial charge on any atom is 0.435 e. The van der Waals surface area contributed by atoms with Crippen LogP contribution in [0.15, 0.2) is 36.5 Å². The van der Waals surface area contributed by atoms with Crippen molar-refractivity contribution in [3.8, 4) is 5.75 Å². The second-order valence-corrected chi connectivity index (χ2v) is 4.61. The Hall–Kier alpha value is -2.09. The largest absolute Gasteiger partial charge is 0.491 e. The normalized spacial score (nSPS) is 11.4. The first kappa shape index (κ1) is 15.3. The van der Waals surface area contributed by atoms with Crippen molar-refractivity contribution in [3.05, 3.63) is 47.8 Å². The number of para-hydroxylation sites is 1. The molecule has 0 aliphatic rings. The van der Waals surface area contributed by atoms with E-state index in [1.54, 1.807) is 24.3 Å². The second-order valence-electron chi connectivity index (χ2n) is 4.17. The van der Waals surface area contributed by atoms with Crippen molar-refractivity contribution in [2.75, 3.05) is 6.61 Å². The van der Waals surface area contributed by atoms with Crippen LogP contribution in [0.5, 0.6) is 5.75 Å². The Morgan fingerprint density at radius 3 is 2.62 bits per heavy atom. The Labute approximate surface area is 124 Å². The lowest BCUT2D eigenvalue weighted by Crippen LogP contribution is -2.14. The summed E-state index contributed by atoms with van der Waals surface area (Å²) in [6.07, 6.45) is -3.18. The maximum atomic E-state index is 12.4. The maximum absolute atomic E-state index is 12.4. The van der Waals surface area contributed by atoms with Gasteiger partial charge in [-0.15, -0.1) is 0 Å². The van der Waals surface area contributed by atoms with Gasteiger partial charge in [-0.3, -0.25) is 4.68 Å². The molecule has 0 aliphatic carbocycles. The van der Waals surface area contributed by atoms with E-state index in [-0.39, 0.29) is 18.1 Å². The second kappa shape index (κ2) is 6.13. The monoisotopic (exact) mass is 315 g/mol. The van der Waals surface area contributed by atoms with E-state index in [1.807, 2.05) is 0 Å².